The van der Waals surface area contributed by atoms with Gasteiger partial charge in [-0.25, -0.2) is 0 Å². The van der Waals surface area contributed by atoms with Gasteiger partial charge in [0, 0.05) is 0 Å². The Labute approximate surface area is 92.7 Å². The molecule has 5 heteroatoms. The summed E-state index contributed by atoms with van der Waals surface area (Å²) in [5.41, 5.74) is 0. The second-order valence-electron chi connectivity index (χ2n) is 2.48. The first kappa shape index (κ1) is 12.9. The van der Waals surface area contributed by atoms with Crippen molar-refractivity contribution in [1.82, 2.24) is 5.32 Å². The molecule has 1 rings (SSSR count). The van der Waals surface area contributed by atoms with Gasteiger partial charge in [0.25, 0.3) is 0 Å². The van der Waals surface area contributed by atoms with Crippen molar-refractivity contribution >= 4 is 41.1 Å². The van der Waals surface area contributed by atoms with Crippen LogP contribution in [0.15, 0.2) is 12.1 Å². The van der Waals surface area contributed by atoms with Crippen LogP contribution in [0.1, 0.15) is 16.6 Å². The van der Waals surface area contributed by atoms with Crippen LogP contribution in [0.4, 0.5) is 0 Å². The molecule has 1 N–H and O–H groups in total. The second-order valence-corrected chi connectivity index (χ2v) is 4.19. The molecule has 0 radical (unpaired) electrons. The quantitative estimate of drug-likeness (QED) is 0.823. The summed E-state index contributed by atoms with van der Waals surface area (Å²) in [7, 11) is 1.76. The fraction of sp³-hybridized carbons (Fsp3) is 0.375. The highest BCUT2D eigenvalue weighted by atomic mass is 35.5. The van der Waals surface area contributed by atoms with Crippen molar-refractivity contribution in [2.45, 2.75) is 13.0 Å². The summed E-state index contributed by atoms with van der Waals surface area (Å²) in [6, 6.07) is 3.35. The Hall–Kier alpha value is -0.0900. The molecule has 1 unspecified atom stereocenters. The first-order valence-corrected chi connectivity index (χ1v) is 4.81. The fourth-order valence-corrected chi connectivity index (χ4v) is 1.86. The molecular weight excluding hydrogens is 229 g/mol. The number of carbonyl (C=O) groups excluding carboxylic acids is 1. The number of carbonyl (C=O) groups is 1. The molecule has 1 aromatic heterocycles. The molecule has 0 aromatic carbocycles. The highest BCUT2D eigenvalue weighted by Crippen LogP contribution is 2.22. The number of thiophene rings is 1. The minimum Gasteiger partial charge on any atom is -0.310 e. The van der Waals surface area contributed by atoms with Gasteiger partial charge in [0.1, 0.15) is 0 Å². The maximum Gasteiger partial charge on any atom is 0.189 e. The van der Waals surface area contributed by atoms with Crippen LogP contribution in [-0.4, -0.2) is 18.9 Å². The Balaban J connectivity index is 0.00000144. The lowest BCUT2D eigenvalue weighted by atomic mass is 10.2. The van der Waals surface area contributed by atoms with Crippen LogP contribution in [0, 0.1) is 0 Å². The first-order valence-electron chi connectivity index (χ1n) is 3.62. The molecule has 74 valence electrons. The SMILES string of the molecule is CNC(C)C(=O)c1ccc(Cl)s1.Cl. The third kappa shape index (κ3) is 3.27. The van der Waals surface area contributed by atoms with Crippen molar-refractivity contribution in [3.8, 4) is 0 Å². The Morgan fingerprint density at radius 3 is 2.62 bits per heavy atom. The van der Waals surface area contributed by atoms with E-state index < -0.39 is 0 Å². The molecule has 0 fully saturated rings. The summed E-state index contributed by atoms with van der Waals surface area (Å²) in [6.45, 7) is 1.83. The zero-order valence-corrected chi connectivity index (χ0v) is 9.72. The van der Waals surface area contributed by atoms with Crippen LogP contribution in [0.5, 0.6) is 0 Å². The lowest BCUT2D eigenvalue weighted by molar-refractivity contribution is 0.0959. The zero-order valence-electron chi connectivity index (χ0n) is 7.33. The monoisotopic (exact) mass is 239 g/mol. The van der Waals surface area contributed by atoms with E-state index >= 15 is 0 Å². The van der Waals surface area contributed by atoms with E-state index in [0.717, 1.165) is 0 Å². The van der Waals surface area contributed by atoms with Crippen molar-refractivity contribution in [2.75, 3.05) is 7.05 Å². The van der Waals surface area contributed by atoms with Crippen LogP contribution in [0.2, 0.25) is 4.34 Å². The van der Waals surface area contributed by atoms with Gasteiger partial charge < -0.3 is 5.32 Å². The van der Waals surface area contributed by atoms with Crippen molar-refractivity contribution in [2.24, 2.45) is 0 Å². The van der Waals surface area contributed by atoms with Crippen LogP contribution in [0.3, 0.4) is 0 Å². The predicted molar refractivity (Wildman–Crippen MR) is 59.4 cm³/mol. The van der Waals surface area contributed by atoms with Gasteiger partial charge in [-0.05, 0) is 26.1 Å². The van der Waals surface area contributed by atoms with Crippen molar-refractivity contribution < 1.29 is 4.79 Å². The van der Waals surface area contributed by atoms with Gasteiger partial charge in [0.15, 0.2) is 5.78 Å². The van der Waals surface area contributed by atoms with Gasteiger partial charge >= 0.3 is 0 Å². The average molecular weight is 240 g/mol. The molecule has 0 bridgehead atoms. The maximum absolute atomic E-state index is 11.5. The van der Waals surface area contributed by atoms with Gasteiger partial charge in [-0.1, -0.05) is 11.6 Å². The molecule has 0 aliphatic heterocycles. The van der Waals surface area contributed by atoms with E-state index in [1.54, 1.807) is 19.2 Å². The molecule has 0 aliphatic rings. The first-order chi connectivity index (χ1) is 5.65. The molecule has 0 saturated carbocycles. The standard InChI is InChI=1S/C8H10ClNOS.ClH/c1-5(10-2)8(11)6-3-4-7(9)12-6;/h3-5,10H,1-2H3;1H. The van der Waals surface area contributed by atoms with Crippen LogP contribution in [0.25, 0.3) is 0 Å². The molecule has 1 aromatic rings. The summed E-state index contributed by atoms with van der Waals surface area (Å²) < 4.78 is 0.654. The Morgan fingerprint density at radius 1 is 1.62 bits per heavy atom. The molecule has 1 atom stereocenters. The van der Waals surface area contributed by atoms with Crippen LogP contribution < -0.4 is 5.32 Å². The van der Waals surface area contributed by atoms with E-state index in [2.05, 4.69) is 5.32 Å². The van der Waals surface area contributed by atoms with E-state index in [1.165, 1.54) is 11.3 Å². The maximum atomic E-state index is 11.5. The summed E-state index contributed by atoms with van der Waals surface area (Å²) in [5.74, 6) is 0.0920. The summed E-state index contributed by atoms with van der Waals surface area (Å²) in [6.07, 6.45) is 0. The molecule has 2 nitrogen and oxygen atoms in total. The second kappa shape index (κ2) is 5.60. The van der Waals surface area contributed by atoms with E-state index in [9.17, 15) is 4.79 Å². The number of halogens is 2. The average Bonchev–Trinajstić information content (AvgIpc) is 2.49. The summed E-state index contributed by atoms with van der Waals surface area (Å²) >= 11 is 7.01. The number of likely N-dealkylation sites (N-methyl/N-ethyl adjacent to an activating group) is 1. The third-order valence-electron chi connectivity index (χ3n) is 1.64. The lowest BCUT2D eigenvalue weighted by Gasteiger charge is -2.05. The van der Waals surface area contributed by atoms with E-state index in [4.69, 9.17) is 11.6 Å². The van der Waals surface area contributed by atoms with Crippen molar-refractivity contribution in [3.63, 3.8) is 0 Å². The Bertz CT molecular complexity index is 287. The van der Waals surface area contributed by atoms with Gasteiger partial charge in [-0.2, -0.15) is 0 Å². The zero-order chi connectivity index (χ0) is 9.14. The van der Waals surface area contributed by atoms with Crippen molar-refractivity contribution in [3.05, 3.63) is 21.3 Å². The molecule has 0 saturated heterocycles. The minimum absolute atomic E-state index is 0. The molecule has 0 amide bonds. The number of hydrogen-bond acceptors (Lipinski definition) is 3. The normalized spacial score (nSPS) is 11.9. The number of Topliss-reactive ketones (excluding diaryl/α,β-unsaturated/α-hetero) is 1. The van der Waals surface area contributed by atoms with E-state index in [1.807, 2.05) is 6.92 Å². The number of hydrogen-bond donors (Lipinski definition) is 1. The minimum atomic E-state index is -0.139. The topological polar surface area (TPSA) is 29.1 Å². The number of ketones is 1. The van der Waals surface area contributed by atoms with Crippen LogP contribution in [-0.2, 0) is 0 Å². The number of rotatable bonds is 3. The van der Waals surface area contributed by atoms with Crippen LogP contribution >= 0.6 is 35.3 Å². The molecule has 0 spiro atoms. The molecular formula is C8H11Cl2NOS. The predicted octanol–water partition coefficient (Wildman–Crippen LogP) is 2.61. The van der Waals surface area contributed by atoms with Crippen molar-refractivity contribution in [1.29, 1.82) is 0 Å². The third-order valence-corrected chi connectivity index (χ3v) is 2.89. The van der Waals surface area contributed by atoms with E-state index in [0.29, 0.717) is 9.21 Å². The molecule has 1 heterocycles. The fourth-order valence-electron chi connectivity index (χ4n) is 0.791. The summed E-state index contributed by atoms with van der Waals surface area (Å²) in [4.78, 5) is 12.2. The van der Waals surface area contributed by atoms with E-state index in [-0.39, 0.29) is 24.2 Å². The van der Waals surface area contributed by atoms with Gasteiger partial charge in [-0.15, -0.1) is 23.7 Å². The lowest BCUT2D eigenvalue weighted by Crippen LogP contribution is -2.30. The largest absolute Gasteiger partial charge is 0.310 e. The molecule has 0 aliphatic carbocycles. The van der Waals surface area contributed by atoms with Gasteiger partial charge in [-0.3, -0.25) is 4.79 Å². The Kier molecular flexibility index (Phi) is 5.56. The highest BCUT2D eigenvalue weighted by molar-refractivity contribution is 7.18. The van der Waals surface area contributed by atoms with Gasteiger partial charge in [0.05, 0.1) is 15.3 Å². The smallest absolute Gasteiger partial charge is 0.189 e. The number of nitrogens with one attached hydrogen (secondary N) is 1. The Morgan fingerprint density at radius 2 is 2.23 bits per heavy atom. The summed E-state index contributed by atoms with van der Waals surface area (Å²) in [5, 5.41) is 2.89. The highest BCUT2D eigenvalue weighted by Gasteiger charge is 2.14. The molecule has 13 heavy (non-hydrogen) atoms. The van der Waals surface area contributed by atoms with Gasteiger partial charge in [0.2, 0.25) is 0 Å².